The lowest BCUT2D eigenvalue weighted by Crippen LogP contribution is -2.46. The van der Waals surface area contributed by atoms with Gasteiger partial charge in [-0.1, -0.05) is 32.3 Å². The Hall–Kier alpha value is -2.21. The van der Waals surface area contributed by atoms with Gasteiger partial charge < -0.3 is 10.2 Å². The number of carbonyl (C=O) groups is 2. The molecular weight excluding hydrogens is 370 g/mol. The van der Waals surface area contributed by atoms with Gasteiger partial charge in [0.25, 0.3) is 0 Å². The topological polar surface area (TPSA) is 62.3 Å². The molecule has 3 rings (SSSR count). The molecule has 2 amide bonds. The lowest BCUT2D eigenvalue weighted by atomic mass is 10.0. The van der Waals surface area contributed by atoms with Crippen molar-refractivity contribution in [3.05, 3.63) is 52.5 Å². The molecule has 0 radical (unpaired) electrons. The quantitative estimate of drug-likeness (QED) is 0.690. The fourth-order valence-corrected chi connectivity index (χ4v) is 4.45. The predicted octanol–water partition coefficient (Wildman–Crippen LogP) is 4.11. The van der Waals surface area contributed by atoms with E-state index in [1.807, 2.05) is 29.6 Å². The van der Waals surface area contributed by atoms with Crippen LogP contribution in [0, 0.1) is 0 Å². The number of aromatic nitrogens is 1. The summed E-state index contributed by atoms with van der Waals surface area (Å²) in [6, 6.07) is 7.23. The second kappa shape index (κ2) is 10.4. The Labute approximate surface area is 171 Å². The molecule has 6 heteroatoms. The molecule has 1 fully saturated rings. The summed E-state index contributed by atoms with van der Waals surface area (Å²) in [4.78, 5) is 33.4. The van der Waals surface area contributed by atoms with Crippen molar-refractivity contribution in [2.45, 2.75) is 64.0 Å². The molecule has 0 spiro atoms. The molecule has 0 aromatic carbocycles. The van der Waals surface area contributed by atoms with Gasteiger partial charge in [-0.15, -0.1) is 11.3 Å². The van der Waals surface area contributed by atoms with Crippen LogP contribution in [-0.4, -0.2) is 34.3 Å². The zero-order valence-electron chi connectivity index (χ0n) is 16.5. The first kappa shape index (κ1) is 20.5. The van der Waals surface area contributed by atoms with Crippen LogP contribution < -0.4 is 5.32 Å². The van der Waals surface area contributed by atoms with Crippen LogP contribution in [0.3, 0.4) is 0 Å². The van der Waals surface area contributed by atoms with Crippen LogP contribution in [0.5, 0.6) is 0 Å². The van der Waals surface area contributed by atoms with Crippen LogP contribution in [0.15, 0.2) is 42.0 Å². The number of hydrogen-bond acceptors (Lipinski definition) is 4. The standard InChI is InChI=1S/C22H29N3O2S/c1-2-3-14-25(20(26)16-19-9-6-15-28-19)21(17-10-12-23-13-11-17)22(27)24-18-7-4-5-8-18/h6,9-13,15,18,21H,2-5,7-8,14,16H2,1H3,(H,24,27). The smallest absolute Gasteiger partial charge is 0.247 e. The molecule has 1 unspecified atom stereocenters. The zero-order chi connectivity index (χ0) is 19.8. The summed E-state index contributed by atoms with van der Waals surface area (Å²) in [6.07, 6.45) is 9.90. The molecular formula is C22H29N3O2S. The summed E-state index contributed by atoms with van der Waals surface area (Å²) >= 11 is 1.58. The maximum atomic E-state index is 13.3. The lowest BCUT2D eigenvalue weighted by Gasteiger charge is -2.32. The van der Waals surface area contributed by atoms with E-state index in [1.54, 1.807) is 28.6 Å². The molecule has 1 atom stereocenters. The Morgan fingerprint density at radius 1 is 1.25 bits per heavy atom. The number of nitrogens with zero attached hydrogens (tertiary/aromatic N) is 2. The van der Waals surface area contributed by atoms with E-state index in [9.17, 15) is 9.59 Å². The average Bonchev–Trinajstić information content (AvgIpc) is 3.40. The molecule has 150 valence electrons. The third-order valence-electron chi connectivity index (χ3n) is 5.26. The van der Waals surface area contributed by atoms with E-state index in [4.69, 9.17) is 0 Å². The van der Waals surface area contributed by atoms with E-state index in [0.717, 1.165) is 49.0 Å². The summed E-state index contributed by atoms with van der Waals surface area (Å²) in [5, 5.41) is 5.18. The van der Waals surface area contributed by atoms with E-state index in [0.29, 0.717) is 13.0 Å². The summed E-state index contributed by atoms with van der Waals surface area (Å²) in [5.41, 5.74) is 0.820. The van der Waals surface area contributed by atoms with Crippen molar-refractivity contribution >= 4 is 23.2 Å². The van der Waals surface area contributed by atoms with Gasteiger partial charge in [-0.2, -0.15) is 0 Å². The minimum Gasteiger partial charge on any atom is -0.351 e. The highest BCUT2D eigenvalue weighted by Gasteiger charge is 2.32. The van der Waals surface area contributed by atoms with E-state index in [2.05, 4.69) is 17.2 Å². The molecule has 1 aliphatic carbocycles. The highest BCUT2D eigenvalue weighted by Crippen LogP contribution is 2.25. The number of nitrogens with one attached hydrogen (secondary N) is 1. The highest BCUT2D eigenvalue weighted by molar-refractivity contribution is 7.10. The van der Waals surface area contributed by atoms with Crippen molar-refractivity contribution in [1.82, 2.24) is 15.2 Å². The number of thiophene rings is 1. The lowest BCUT2D eigenvalue weighted by molar-refractivity contribution is -0.140. The Morgan fingerprint density at radius 2 is 2.00 bits per heavy atom. The predicted molar refractivity (Wildman–Crippen MR) is 112 cm³/mol. The van der Waals surface area contributed by atoms with Crippen LogP contribution in [0.4, 0.5) is 0 Å². The molecule has 1 aliphatic rings. The number of carbonyl (C=O) groups excluding carboxylic acids is 2. The van der Waals surface area contributed by atoms with Gasteiger partial charge in [0.1, 0.15) is 6.04 Å². The Bertz CT molecular complexity index is 742. The van der Waals surface area contributed by atoms with Crippen molar-refractivity contribution in [2.75, 3.05) is 6.54 Å². The van der Waals surface area contributed by atoms with Crippen molar-refractivity contribution in [2.24, 2.45) is 0 Å². The Kier molecular flexibility index (Phi) is 7.60. The normalized spacial score (nSPS) is 15.3. The highest BCUT2D eigenvalue weighted by atomic mass is 32.1. The molecule has 0 bridgehead atoms. The number of rotatable bonds is 9. The molecule has 2 aromatic heterocycles. The first-order valence-electron chi connectivity index (χ1n) is 10.2. The van der Waals surface area contributed by atoms with Crippen molar-refractivity contribution < 1.29 is 9.59 Å². The van der Waals surface area contributed by atoms with Gasteiger partial charge in [0.2, 0.25) is 11.8 Å². The van der Waals surface area contributed by atoms with Gasteiger partial charge in [-0.3, -0.25) is 14.6 Å². The van der Waals surface area contributed by atoms with Gasteiger partial charge in [0.15, 0.2) is 0 Å². The van der Waals surface area contributed by atoms with E-state index >= 15 is 0 Å². The second-order valence-electron chi connectivity index (χ2n) is 7.37. The first-order valence-corrected chi connectivity index (χ1v) is 11.1. The van der Waals surface area contributed by atoms with Crippen LogP contribution in [0.2, 0.25) is 0 Å². The van der Waals surface area contributed by atoms with Gasteiger partial charge in [0.05, 0.1) is 6.42 Å². The summed E-state index contributed by atoms with van der Waals surface area (Å²) in [6.45, 7) is 2.67. The van der Waals surface area contributed by atoms with Gasteiger partial charge in [0, 0.05) is 29.9 Å². The molecule has 1 saturated carbocycles. The van der Waals surface area contributed by atoms with E-state index in [-0.39, 0.29) is 17.9 Å². The zero-order valence-corrected chi connectivity index (χ0v) is 17.3. The number of amides is 2. The fraction of sp³-hybridized carbons (Fsp3) is 0.500. The van der Waals surface area contributed by atoms with Crippen LogP contribution in [-0.2, 0) is 16.0 Å². The summed E-state index contributed by atoms with van der Waals surface area (Å²) < 4.78 is 0. The van der Waals surface area contributed by atoms with Crippen LogP contribution >= 0.6 is 11.3 Å². The van der Waals surface area contributed by atoms with Crippen molar-refractivity contribution in [1.29, 1.82) is 0 Å². The largest absolute Gasteiger partial charge is 0.351 e. The molecule has 0 aliphatic heterocycles. The van der Waals surface area contributed by atoms with Crippen molar-refractivity contribution in [3.63, 3.8) is 0 Å². The van der Waals surface area contributed by atoms with E-state index < -0.39 is 6.04 Å². The Balaban J connectivity index is 1.85. The minimum absolute atomic E-state index is 0.000663. The second-order valence-corrected chi connectivity index (χ2v) is 8.40. The van der Waals surface area contributed by atoms with Crippen LogP contribution in [0.25, 0.3) is 0 Å². The number of unbranched alkanes of at least 4 members (excludes halogenated alkanes) is 1. The SMILES string of the molecule is CCCCN(C(=O)Cc1cccs1)C(C(=O)NC1CCCC1)c1ccncc1. The molecule has 2 heterocycles. The molecule has 2 aromatic rings. The molecule has 0 saturated heterocycles. The minimum atomic E-state index is -0.609. The van der Waals surface area contributed by atoms with Gasteiger partial charge >= 0.3 is 0 Å². The van der Waals surface area contributed by atoms with E-state index in [1.165, 1.54) is 0 Å². The van der Waals surface area contributed by atoms with Gasteiger partial charge in [-0.25, -0.2) is 0 Å². The summed E-state index contributed by atoms with van der Waals surface area (Å²) in [7, 11) is 0. The maximum Gasteiger partial charge on any atom is 0.247 e. The monoisotopic (exact) mass is 399 g/mol. The van der Waals surface area contributed by atoms with Crippen molar-refractivity contribution in [3.8, 4) is 0 Å². The van der Waals surface area contributed by atoms with Crippen LogP contribution in [0.1, 0.15) is 61.9 Å². The first-order chi connectivity index (χ1) is 13.7. The third kappa shape index (κ3) is 5.41. The fourth-order valence-electron chi connectivity index (χ4n) is 3.76. The number of hydrogen-bond donors (Lipinski definition) is 1. The Morgan fingerprint density at radius 3 is 2.64 bits per heavy atom. The number of pyridine rings is 1. The molecule has 1 N–H and O–H groups in total. The van der Waals surface area contributed by atoms with Gasteiger partial charge in [-0.05, 0) is 48.4 Å². The molecule has 5 nitrogen and oxygen atoms in total. The average molecular weight is 400 g/mol. The molecule has 28 heavy (non-hydrogen) atoms. The summed E-state index contributed by atoms with van der Waals surface area (Å²) in [5.74, 6) is -0.0759. The maximum absolute atomic E-state index is 13.3. The third-order valence-corrected chi connectivity index (χ3v) is 6.14.